The lowest BCUT2D eigenvalue weighted by molar-refractivity contribution is -0.137. The second kappa shape index (κ2) is 6.98. The highest BCUT2D eigenvalue weighted by atomic mass is 19.4. The molecule has 0 heterocycles. The Kier molecular flexibility index (Phi) is 5.38. The van der Waals surface area contributed by atoms with Crippen molar-refractivity contribution >= 4 is 0 Å². The highest BCUT2D eigenvalue weighted by molar-refractivity contribution is 5.39. The number of aliphatic hydroxyl groups is 1. The van der Waals surface area contributed by atoms with Crippen molar-refractivity contribution in [2.45, 2.75) is 51.8 Å². The quantitative estimate of drug-likeness (QED) is 0.722. The van der Waals surface area contributed by atoms with Gasteiger partial charge in [0, 0.05) is 0 Å². The van der Waals surface area contributed by atoms with Crippen molar-refractivity contribution in [3.8, 4) is 0 Å². The molecule has 1 atom stereocenters. The summed E-state index contributed by atoms with van der Waals surface area (Å²) in [5.74, 6) is 0.615. The highest BCUT2D eigenvalue weighted by Crippen LogP contribution is 2.32. The van der Waals surface area contributed by atoms with E-state index in [0.29, 0.717) is 23.0 Å². The largest absolute Gasteiger partial charge is 0.416 e. The molecule has 130 valence electrons. The minimum absolute atomic E-state index is 0.308. The van der Waals surface area contributed by atoms with E-state index in [1.165, 1.54) is 12.1 Å². The summed E-state index contributed by atoms with van der Waals surface area (Å²) in [7, 11) is 0. The summed E-state index contributed by atoms with van der Waals surface area (Å²) in [5.41, 5.74) is 2.69. The first-order valence-corrected chi connectivity index (χ1v) is 8.09. The highest BCUT2D eigenvalue weighted by Gasteiger charge is 2.30. The van der Waals surface area contributed by atoms with Crippen LogP contribution in [0.3, 0.4) is 0 Å². The molecule has 2 aromatic rings. The number of aliphatic hydroxyl groups excluding tert-OH is 1. The van der Waals surface area contributed by atoms with Gasteiger partial charge in [0.1, 0.15) is 6.10 Å². The van der Waals surface area contributed by atoms with E-state index < -0.39 is 17.8 Å². The Balaban J connectivity index is 2.40. The molecule has 24 heavy (non-hydrogen) atoms. The van der Waals surface area contributed by atoms with Crippen molar-refractivity contribution in [3.63, 3.8) is 0 Å². The molecule has 1 unspecified atom stereocenters. The third-order valence-corrected chi connectivity index (χ3v) is 4.20. The molecule has 0 radical (unpaired) electrons. The van der Waals surface area contributed by atoms with Crippen LogP contribution in [0.4, 0.5) is 13.2 Å². The number of halogens is 3. The standard InChI is InChI=1S/C20H23F3O/c1-12(2)15-9-16(13(3)4)11-17(10-15)19(24)14-5-7-18(8-6-14)20(21,22)23/h5-13,19,24H,1-4H3. The van der Waals surface area contributed by atoms with E-state index in [0.717, 1.165) is 23.3 Å². The first-order valence-electron chi connectivity index (χ1n) is 8.09. The van der Waals surface area contributed by atoms with Crippen LogP contribution < -0.4 is 0 Å². The molecule has 0 saturated heterocycles. The number of hydrogen-bond donors (Lipinski definition) is 1. The molecule has 0 aliphatic heterocycles. The van der Waals surface area contributed by atoms with Gasteiger partial charge in [0.05, 0.1) is 5.56 Å². The minimum atomic E-state index is -4.37. The van der Waals surface area contributed by atoms with E-state index in [1.54, 1.807) is 0 Å². The third kappa shape index (κ3) is 4.18. The van der Waals surface area contributed by atoms with Crippen LogP contribution in [0.15, 0.2) is 42.5 Å². The third-order valence-electron chi connectivity index (χ3n) is 4.20. The van der Waals surface area contributed by atoms with E-state index in [2.05, 4.69) is 33.8 Å². The SMILES string of the molecule is CC(C)c1cc(C(C)C)cc(C(O)c2ccc(C(F)(F)F)cc2)c1. The van der Waals surface area contributed by atoms with Crippen LogP contribution in [0.25, 0.3) is 0 Å². The summed E-state index contributed by atoms with van der Waals surface area (Å²) in [6.07, 6.45) is -5.31. The molecule has 0 aromatic heterocycles. The Labute approximate surface area is 141 Å². The van der Waals surface area contributed by atoms with Gasteiger partial charge in [-0.05, 0) is 46.2 Å². The van der Waals surface area contributed by atoms with Crippen LogP contribution in [-0.2, 0) is 6.18 Å². The Bertz CT molecular complexity index is 659. The zero-order valence-electron chi connectivity index (χ0n) is 14.4. The molecular weight excluding hydrogens is 313 g/mol. The maximum atomic E-state index is 12.7. The number of alkyl halides is 3. The Hall–Kier alpha value is -1.81. The molecule has 1 nitrogen and oxygen atoms in total. The summed E-state index contributed by atoms with van der Waals surface area (Å²) in [6.45, 7) is 8.31. The molecule has 0 bridgehead atoms. The molecule has 0 aliphatic carbocycles. The lowest BCUT2D eigenvalue weighted by atomic mass is 9.90. The molecule has 0 saturated carbocycles. The lowest BCUT2D eigenvalue weighted by Gasteiger charge is -2.18. The Morgan fingerprint density at radius 2 is 1.12 bits per heavy atom. The Morgan fingerprint density at radius 1 is 0.708 bits per heavy atom. The fourth-order valence-corrected chi connectivity index (χ4v) is 2.57. The normalized spacial score (nSPS) is 13.6. The summed E-state index contributed by atoms with van der Waals surface area (Å²) < 4.78 is 38.0. The maximum Gasteiger partial charge on any atom is 0.416 e. The Morgan fingerprint density at radius 3 is 1.50 bits per heavy atom. The minimum Gasteiger partial charge on any atom is -0.384 e. The summed E-state index contributed by atoms with van der Waals surface area (Å²) >= 11 is 0. The van der Waals surface area contributed by atoms with Gasteiger partial charge in [0.15, 0.2) is 0 Å². The van der Waals surface area contributed by atoms with Gasteiger partial charge in [0.25, 0.3) is 0 Å². The van der Waals surface area contributed by atoms with Gasteiger partial charge >= 0.3 is 6.18 Å². The van der Waals surface area contributed by atoms with Gasteiger partial charge in [-0.1, -0.05) is 58.0 Å². The van der Waals surface area contributed by atoms with Crippen LogP contribution in [0.2, 0.25) is 0 Å². The molecule has 0 amide bonds. The van der Waals surface area contributed by atoms with Gasteiger partial charge in [-0.2, -0.15) is 13.2 Å². The van der Waals surface area contributed by atoms with Crippen molar-refractivity contribution < 1.29 is 18.3 Å². The number of hydrogen-bond acceptors (Lipinski definition) is 1. The van der Waals surface area contributed by atoms with Gasteiger partial charge in [-0.15, -0.1) is 0 Å². The average molecular weight is 336 g/mol. The zero-order valence-corrected chi connectivity index (χ0v) is 14.4. The fourth-order valence-electron chi connectivity index (χ4n) is 2.57. The molecule has 2 rings (SSSR count). The van der Waals surface area contributed by atoms with E-state index in [4.69, 9.17) is 0 Å². The topological polar surface area (TPSA) is 20.2 Å². The van der Waals surface area contributed by atoms with E-state index in [9.17, 15) is 18.3 Å². The van der Waals surface area contributed by atoms with Crippen molar-refractivity contribution in [3.05, 3.63) is 70.3 Å². The molecule has 0 spiro atoms. The number of rotatable bonds is 4. The second-order valence-electron chi connectivity index (χ2n) is 6.76. The van der Waals surface area contributed by atoms with Gasteiger partial charge in [0.2, 0.25) is 0 Å². The first kappa shape index (κ1) is 18.5. The molecule has 0 aliphatic rings. The zero-order chi connectivity index (χ0) is 18.1. The van der Waals surface area contributed by atoms with Crippen LogP contribution in [0.5, 0.6) is 0 Å². The molecular formula is C20H23F3O. The van der Waals surface area contributed by atoms with E-state index in [-0.39, 0.29) is 0 Å². The smallest absolute Gasteiger partial charge is 0.384 e. The van der Waals surface area contributed by atoms with E-state index >= 15 is 0 Å². The van der Waals surface area contributed by atoms with Gasteiger partial charge in [-0.3, -0.25) is 0 Å². The van der Waals surface area contributed by atoms with Crippen molar-refractivity contribution in [2.24, 2.45) is 0 Å². The second-order valence-corrected chi connectivity index (χ2v) is 6.76. The van der Waals surface area contributed by atoms with Crippen molar-refractivity contribution in [2.75, 3.05) is 0 Å². The fraction of sp³-hybridized carbons (Fsp3) is 0.400. The molecule has 1 N–H and O–H groups in total. The van der Waals surface area contributed by atoms with Gasteiger partial charge < -0.3 is 5.11 Å². The molecule has 2 aromatic carbocycles. The summed E-state index contributed by atoms with van der Waals surface area (Å²) in [5, 5.41) is 10.6. The first-order chi connectivity index (χ1) is 11.1. The van der Waals surface area contributed by atoms with Crippen LogP contribution >= 0.6 is 0 Å². The monoisotopic (exact) mass is 336 g/mol. The van der Waals surface area contributed by atoms with Crippen molar-refractivity contribution in [1.29, 1.82) is 0 Å². The lowest BCUT2D eigenvalue weighted by Crippen LogP contribution is -2.07. The maximum absolute atomic E-state index is 12.7. The number of benzene rings is 2. The van der Waals surface area contributed by atoms with Crippen LogP contribution in [-0.4, -0.2) is 5.11 Å². The van der Waals surface area contributed by atoms with E-state index in [1.807, 2.05) is 12.1 Å². The summed E-state index contributed by atoms with van der Waals surface area (Å²) in [4.78, 5) is 0. The summed E-state index contributed by atoms with van der Waals surface area (Å²) in [6, 6.07) is 10.7. The van der Waals surface area contributed by atoms with Crippen LogP contribution in [0, 0.1) is 0 Å². The van der Waals surface area contributed by atoms with Crippen LogP contribution in [0.1, 0.15) is 73.5 Å². The molecule has 4 heteroatoms. The predicted octanol–water partition coefficient (Wildman–Crippen LogP) is 6.03. The average Bonchev–Trinajstić information content (AvgIpc) is 2.53. The van der Waals surface area contributed by atoms with Crippen molar-refractivity contribution in [1.82, 2.24) is 0 Å². The predicted molar refractivity (Wildman–Crippen MR) is 90.1 cm³/mol. The van der Waals surface area contributed by atoms with Gasteiger partial charge in [-0.25, -0.2) is 0 Å². The molecule has 0 fully saturated rings.